The number of unbranched alkanes of at least 4 members (excludes halogenated alkanes) is 11. The summed E-state index contributed by atoms with van der Waals surface area (Å²) in [6.07, 6.45) is 16.4. The van der Waals surface area contributed by atoms with Gasteiger partial charge in [-0.2, -0.15) is 0 Å². The fourth-order valence-corrected chi connectivity index (χ4v) is 3.43. The van der Waals surface area contributed by atoms with Crippen molar-refractivity contribution in [2.45, 2.75) is 90.0 Å². The van der Waals surface area contributed by atoms with Crippen LogP contribution < -0.4 is 5.32 Å². The molecule has 7 nitrogen and oxygen atoms in total. The molecular formula is C24H39N3O4. The van der Waals surface area contributed by atoms with Gasteiger partial charge in [0, 0.05) is 18.8 Å². The quantitative estimate of drug-likeness (QED) is 0.144. The summed E-state index contributed by atoms with van der Waals surface area (Å²) in [6, 6.07) is 5.21. The molecule has 0 aliphatic rings. The number of hydrogen-bond donors (Lipinski definition) is 2. The highest BCUT2D eigenvalue weighted by Crippen LogP contribution is 2.15. The van der Waals surface area contributed by atoms with Crippen LogP contribution in [0.25, 0.3) is 0 Å². The Morgan fingerprint density at radius 3 is 2.13 bits per heavy atom. The summed E-state index contributed by atoms with van der Waals surface area (Å²) in [5, 5.41) is 23.3. The smallest absolute Gasteiger partial charge is 0.278 e. The second kappa shape index (κ2) is 17.4. The first kappa shape index (κ1) is 26.8. The maximum atomic E-state index is 12.2. The number of nitrogens with one attached hydrogen (secondary N) is 1. The number of nitro benzene ring substituents is 1. The first-order valence-corrected chi connectivity index (χ1v) is 11.7. The number of nitrogens with zero attached hydrogens (tertiary/aromatic N) is 2. The van der Waals surface area contributed by atoms with E-state index in [0.29, 0.717) is 12.1 Å². The van der Waals surface area contributed by atoms with Crippen molar-refractivity contribution in [3.63, 3.8) is 0 Å². The third kappa shape index (κ3) is 12.2. The zero-order valence-electron chi connectivity index (χ0n) is 18.9. The van der Waals surface area contributed by atoms with Crippen LogP contribution in [-0.4, -0.2) is 41.3 Å². The maximum absolute atomic E-state index is 12.2. The molecule has 0 saturated carbocycles. The summed E-state index contributed by atoms with van der Waals surface area (Å²) in [5.41, 5.74) is 0.222. The summed E-state index contributed by atoms with van der Waals surface area (Å²) in [5.74, 6) is -0.361. The van der Waals surface area contributed by atoms with E-state index < -0.39 is 17.6 Å². The average molecular weight is 434 g/mol. The van der Waals surface area contributed by atoms with Gasteiger partial charge >= 0.3 is 0 Å². The highest BCUT2D eigenvalue weighted by molar-refractivity contribution is 5.89. The summed E-state index contributed by atoms with van der Waals surface area (Å²) in [7, 11) is 0. The number of amides is 1. The van der Waals surface area contributed by atoms with Crippen molar-refractivity contribution < 1.29 is 14.8 Å². The van der Waals surface area contributed by atoms with Crippen LogP contribution in [0.1, 0.15) is 89.5 Å². The molecule has 174 valence electrons. The lowest BCUT2D eigenvalue weighted by atomic mass is 10.1. The van der Waals surface area contributed by atoms with Gasteiger partial charge in [-0.1, -0.05) is 89.7 Å². The van der Waals surface area contributed by atoms with Crippen molar-refractivity contribution in [3.05, 3.63) is 39.9 Å². The summed E-state index contributed by atoms with van der Waals surface area (Å²) < 4.78 is 0. The van der Waals surface area contributed by atoms with Gasteiger partial charge in [-0.3, -0.25) is 19.9 Å². The number of aliphatic hydroxyl groups excluding tert-OH is 1. The van der Waals surface area contributed by atoms with E-state index in [-0.39, 0.29) is 11.6 Å². The Morgan fingerprint density at radius 1 is 1.03 bits per heavy atom. The lowest BCUT2D eigenvalue weighted by Gasteiger charge is -2.10. The molecule has 0 aliphatic carbocycles. The maximum Gasteiger partial charge on any atom is 0.278 e. The monoisotopic (exact) mass is 433 g/mol. The zero-order valence-corrected chi connectivity index (χ0v) is 18.9. The van der Waals surface area contributed by atoms with Gasteiger partial charge in [0.05, 0.1) is 17.1 Å². The van der Waals surface area contributed by atoms with Gasteiger partial charge in [-0.25, -0.2) is 0 Å². The van der Waals surface area contributed by atoms with E-state index in [9.17, 15) is 20.0 Å². The summed E-state index contributed by atoms with van der Waals surface area (Å²) in [4.78, 5) is 26.8. The fraction of sp³-hybridized carbons (Fsp3) is 0.667. The molecular weight excluding hydrogens is 394 g/mol. The molecule has 0 spiro atoms. The van der Waals surface area contributed by atoms with Crippen LogP contribution >= 0.6 is 0 Å². The number of carbonyl (C=O) groups is 1. The van der Waals surface area contributed by atoms with Gasteiger partial charge in [0.1, 0.15) is 0 Å². The number of para-hydroxylation sites is 1. The molecule has 0 fully saturated rings. The Bertz CT molecular complexity index is 664. The molecule has 1 amide bonds. The molecule has 7 heteroatoms. The van der Waals surface area contributed by atoms with Crippen LogP contribution in [0.3, 0.4) is 0 Å². The van der Waals surface area contributed by atoms with Gasteiger partial charge in [-0.05, 0) is 12.5 Å². The molecule has 0 heterocycles. The Hall–Kier alpha value is -2.28. The summed E-state index contributed by atoms with van der Waals surface area (Å²) >= 11 is 0. The predicted octanol–water partition coefficient (Wildman–Crippen LogP) is 5.19. The largest absolute Gasteiger partial charge is 0.394 e. The first-order chi connectivity index (χ1) is 15.1. The number of benzene rings is 1. The lowest BCUT2D eigenvalue weighted by Crippen LogP contribution is -2.36. The third-order valence-corrected chi connectivity index (χ3v) is 5.33. The van der Waals surface area contributed by atoms with Crippen molar-refractivity contribution in [1.29, 1.82) is 0 Å². The van der Waals surface area contributed by atoms with Crippen LogP contribution in [0.2, 0.25) is 0 Å². The second-order valence-electron chi connectivity index (χ2n) is 7.97. The first-order valence-electron chi connectivity index (χ1n) is 11.7. The number of hydrogen-bond acceptors (Lipinski definition) is 5. The minimum Gasteiger partial charge on any atom is -0.394 e. The SMILES string of the molecule is CCCCCCCCCCCCCCNC(=O)[C@H](CO)/N=C/c1ccccc1[N+](=O)[O-]. The minimum absolute atomic E-state index is 0.0835. The summed E-state index contributed by atoms with van der Waals surface area (Å²) in [6.45, 7) is 2.35. The number of aliphatic hydroxyl groups is 1. The Labute approximate surface area is 186 Å². The van der Waals surface area contributed by atoms with Crippen molar-refractivity contribution in [2.24, 2.45) is 4.99 Å². The van der Waals surface area contributed by atoms with Crippen LogP contribution in [0.5, 0.6) is 0 Å². The number of aliphatic imine (C=N–C) groups is 1. The second-order valence-corrected chi connectivity index (χ2v) is 7.97. The molecule has 0 radical (unpaired) electrons. The number of rotatable bonds is 18. The zero-order chi connectivity index (χ0) is 22.7. The molecule has 1 rings (SSSR count). The molecule has 0 aliphatic heterocycles. The van der Waals surface area contributed by atoms with E-state index in [0.717, 1.165) is 12.8 Å². The van der Waals surface area contributed by atoms with Crippen molar-refractivity contribution in [1.82, 2.24) is 5.32 Å². The van der Waals surface area contributed by atoms with Gasteiger partial charge in [0.15, 0.2) is 6.04 Å². The molecule has 1 aromatic carbocycles. The van der Waals surface area contributed by atoms with Crippen LogP contribution in [0.15, 0.2) is 29.3 Å². The topological polar surface area (TPSA) is 105 Å². The van der Waals surface area contributed by atoms with Crippen molar-refractivity contribution in [3.8, 4) is 0 Å². The van der Waals surface area contributed by atoms with Crippen molar-refractivity contribution >= 4 is 17.8 Å². The molecule has 0 bridgehead atoms. The Balaban J connectivity index is 2.16. The van der Waals surface area contributed by atoms with Gasteiger partial charge < -0.3 is 10.4 Å². The molecule has 2 N–H and O–H groups in total. The highest BCUT2D eigenvalue weighted by Gasteiger charge is 2.16. The number of carbonyl (C=O) groups excluding carboxylic acids is 1. The normalized spacial score (nSPS) is 12.2. The predicted molar refractivity (Wildman–Crippen MR) is 126 cm³/mol. The van der Waals surface area contributed by atoms with Crippen LogP contribution in [0.4, 0.5) is 5.69 Å². The standard InChI is InChI=1S/C24H39N3O4/c1-2-3-4-5-6-7-8-9-10-11-12-15-18-25-24(29)22(20-28)26-19-21-16-13-14-17-23(21)27(30)31/h13-14,16-17,19,22,28H,2-12,15,18,20H2,1H3,(H,25,29)/b26-19+/t22-/m0/s1. The van der Waals surface area contributed by atoms with Gasteiger partial charge in [0.25, 0.3) is 5.69 Å². The highest BCUT2D eigenvalue weighted by atomic mass is 16.6. The van der Waals surface area contributed by atoms with E-state index in [1.54, 1.807) is 18.2 Å². The Morgan fingerprint density at radius 2 is 1.58 bits per heavy atom. The molecule has 31 heavy (non-hydrogen) atoms. The van der Waals surface area contributed by atoms with E-state index in [4.69, 9.17) is 0 Å². The fourth-order valence-electron chi connectivity index (χ4n) is 3.43. The van der Waals surface area contributed by atoms with E-state index in [1.165, 1.54) is 76.5 Å². The third-order valence-electron chi connectivity index (χ3n) is 5.33. The van der Waals surface area contributed by atoms with Crippen LogP contribution in [-0.2, 0) is 4.79 Å². The minimum atomic E-state index is -0.961. The van der Waals surface area contributed by atoms with Gasteiger partial charge in [0.2, 0.25) is 5.91 Å². The molecule has 0 aromatic heterocycles. The molecule has 0 saturated heterocycles. The van der Waals surface area contributed by atoms with E-state index in [2.05, 4.69) is 17.2 Å². The lowest BCUT2D eigenvalue weighted by molar-refractivity contribution is -0.385. The molecule has 1 atom stereocenters. The molecule has 0 unspecified atom stereocenters. The average Bonchev–Trinajstić information content (AvgIpc) is 2.77. The molecule has 1 aromatic rings. The van der Waals surface area contributed by atoms with E-state index >= 15 is 0 Å². The van der Waals surface area contributed by atoms with E-state index in [1.807, 2.05) is 0 Å². The van der Waals surface area contributed by atoms with Gasteiger partial charge in [-0.15, -0.1) is 0 Å². The number of nitro groups is 1. The van der Waals surface area contributed by atoms with Crippen molar-refractivity contribution in [2.75, 3.05) is 13.2 Å². The van der Waals surface area contributed by atoms with Crippen LogP contribution in [0, 0.1) is 10.1 Å². The Kier molecular flexibility index (Phi) is 15.0.